The minimum Gasteiger partial charge on any atom is -0.487 e. The summed E-state index contributed by atoms with van der Waals surface area (Å²) in [5.74, 6) is 0.638. The number of aromatic nitrogens is 1. The Kier molecular flexibility index (Phi) is 4.11. The van der Waals surface area contributed by atoms with E-state index in [1.165, 1.54) is 0 Å². The van der Waals surface area contributed by atoms with Crippen LogP contribution in [0.4, 0.5) is 0 Å². The Morgan fingerprint density at radius 2 is 2.00 bits per heavy atom. The summed E-state index contributed by atoms with van der Waals surface area (Å²) in [6.07, 6.45) is 2.32. The Balaban J connectivity index is 2.18. The number of aldehydes is 1. The number of nitrogens with zero attached hydrogens (tertiary/aromatic N) is 2. The summed E-state index contributed by atoms with van der Waals surface area (Å²) in [6.45, 7) is 4.06. The maximum atomic E-state index is 10.9. The predicted octanol–water partition coefficient (Wildman–Crippen LogP) is 2.96. The molecule has 0 radical (unpaired) electrons. The van der Waals surface area contributed by atoms with E-state index in [-0.39, 0.29) is 0 Å². The maximum absolute atomic E-state index is 10.9. The zero-order chi connectivity index (χ0) is 14.5. The SMILES string of the molecule is Cc1ncc(C=O)c(C)c1OCc1ccc(C#N)cc1. The minimum absolute atomic E-state index is 0.372. The van der Waals surface area contributed by atoms with Gasteiger partial charge in [0.05, 0.1) is 17.3 Å². The van der Waals surface area contributed by atoms with Crippen LogP contribution < -0.4 is 4.74 Å². The highest BCUT2D eigenvalue weighted by Gasteiger charge is 2.09. The van der Waals surface area contributed by atoms with E-state index in [0.717, 1.165) is 23.1 Å². The molecule has 0 fully saturated rings. The van der Waals surface area contributed by atoms with E-state index in [9.17, 15) is 4.79 Å². The van der Waals surface area contributed by atoms with Crippen LogP contribution in [-0.2, 0) is 6.61 Å². The van der Waals surface area contributed by atoms with Crippen molar-refractivity contribution < 1.29 is 9.53 Å². The molecule has 0 saturated carbocycles. The first-order chi connectivity index (χ1) is 9.65. The molecular formula is C16H14N2O2. The van der Waals surface area contributed by atoms with Crippen molar-refractivity contribution in [2.24, 2.45) is 0 Å². The van der Waals surface area contributed by atoms with Crippen LogP contribution in [-0.4, -0.2) is 11.3 Å². The molecule has 0 aliphatic carbocycles. The number of pyridine rings is 1. The molecule has 0 aliphatic rings. The summed E-state index contributed by atoms with van der Waals surface area (Å²) in [5.41, 5.74) is 3.65. The normalized spacial score (nSPS) is 9.85. The standard InChI is InChI=1S/C16H14N2O2/c1-11-15(9-19)8-18-12(2)16(11)20-10-14-5-3-13(7-17)4-6-14/h3-6,8-9H,10H2,1-2H3. The summed E-state index contributed by atoms with van der Waals surface area (Å²) in [4.78, 5) is 15.1. The third kappa shape index (κ3) is 2.83. The molecule has 4 nitrogen and oxygen atoms in total. The third-order valence-corrected chi connectivity index (χ3v) is 3.09. The van der Waals surface area contributed by atoms with E-state index in [4.69, 9.17) is 10.00 Å². The number of benzene rings is 1. The monoisotopic (exact) mass is 266 g/mol. The van der Waals surface area contributed by atoms with Crippen molar-refractivity contribution in [2.75, 3.05) is 0 Å². The number of hydrogen-bond donors (Lipinski definition) is 0. The second-order valence-corrected chi connectivity index (χ2v) is 4.47. The minimum atomic E-state index is 0.372. The van der Waals surface area contributed by atoms with Crippen LogP contribution >= 0.6 is 0 Å². The molecule has 2 rings (SSSR count). The zero-order valence-corrected chi connectivity index (χ0v) is 11.4. The molecule has 1 heterocycles. The number of aryl methyl sites for hydroxylation is 1. The van der Waals surface area contributed by atoms with Gasteiger partial charge in [-0.25, -0.2) is 0 Å². The molecule has 0 atom stereocenters. The number of rotatable bonds is 4. The number of hydrogen-bond acceptors (Lipinski definition) is 4. The van der Waals surface area contributed by atoms with E-state index in [2.05, 4.69) is 11.1 Å². The smallest absolute Gasteiger partial charge is 0.152 e. The van der Waals surface area contributed by atoms with Gasteiger partial charge in [0.15, 0.2) is 6.29 Å². The van der Waals surface area contributed by atoms with Gasteiger partial charge in [0.25, 0.3) is 0 Å². The van der Waals surface area contributed by atoms with E-state index in [1.807, 2.05) is 26.0 Å². The lowest BCUT2D eigenvalue weighted by Gasteiger charge is -2.12. The second-order valence-electron chi connectivity index (χ2n) is 4.47. The van der Waals surface area contributed by atoms with Crippen molar-refractivity contribution in [3.05, 3.63) is 58.4 Å². The summed E-state index contributed by atoms with van der Waals surface area (Å²) in [5, 5.41) is 8.74. The van der Waals surface area contributed by atoms with Gasteiger partial charge in [0.2, 0.25) is 0 Å². The quantitative estimate of drug-likeness (QED) is 0.798. The van der Waals surface area contributed by atoms with E-state index >= 15 is 0 Å². The highest BCUT2D eigenvalue weighted by atomic mass is 16.5. The molecule has 2 aromatic rings. The maximum Gasteiger partial charge on any atom is 0.152 e. The average molecular weight is 266 g/mol. The third-order valence-electron chi connectivity index (χ3n) is 3.09. The lowest BCUT2D eigenvalue weighted by molar-refractivity contribution is 0.112. The van der Waals surface area contributed by atoms with Gasteiger partial charge in [0, 0.05) is 17.3 Å². The lowest BCUT2D eigenvalue weighted by Crippen LogP contribution is -2.02. The van der Waals surface area contributed by atoms with Gasteiger partial charge in [-0.15, -0.1) is 0 Å². The van der Waals surface area contributed by atoms with E-state index < -0.39 is 0 Å². The molecule has 0 amide bonds. The molecule has 0 saturated heterocycles. The van der Waals surface area contributed by atoms with Gasteiger partial charge < -0.3 is 4.74 Å². The molecule has 4 heteroatoms. The van der Waals surface area contributed by atoms with Crippen molar-refractivity contribution in [3.63, 3.8) is 0 Å². The van der Waals surface area contributed by atoms with Crippen LogP contribution in [0, 0.1) is 25.2 Å². The Morgan fingerprint density at radius 3 is 2.60 bits per heavy atom. The first kappa shape index (κ1) is 13.8. The second kappa shape index (κ2) is 5.98. The van der Waals surface area contributed by atoms with E-state index in [0.29, 0.717) is 23.5 Å². The summed E-state index contributed by atoms with van der Waals surface area (Å²) >= 11 is 0. The predicted molar refractivity (Wildman–Crippen MR) is 74.6 cm³/mol. The highest BCUT2D eigenvalue weighted by molar-refractivity contribution is 5.78. The van der Waals surface area contributed by atoms with Crippen LogP contribution in [0.2, 0.25) is 0 Å². The van der Waals surface area contributed by atoms with Crippen LogP contribution in [0.1, 0.15) is 32.7 Å². The average Bonchev–Trinajstić information content (AvgIpc) is 2.48. The zero-order valence-electron chi connectivity index (χ0n) is 11.4. The molecule has 100 valence electrons. The van der Waals surface area contributed by atoms with Crippen molar-refractivity contribution in [1.82, 2.24) is 4.98 Å². The van der Waals surface area contributed by atoms with Crippen LogP contribution in [0.3, 0.4) is 0 Å². The lowest BCUT2D eigenvalue weighted by atomic mass is 10.1. The Hall–Kier alpha value is -2.67. The molecule has 0 bridgehead atoms. The molecule has 0 N–H and O–H groups in total. The van der Waals surface area contributed by atoms with Gasteiger partial charge >= 0.3 is 0 Å². The Morgan fingerprint density at radius 1 is 1.30 bits per heavy atom. The van der Waals surface area contributed by atoms with Gasteiger partial charge in [-0.05, 0) is 31.5 Å². The molecule has 1 aromatic carbocycles. The first-order valence-electron chi connectivity index (χ1n) is 6.19. The fourth-order valence-corrected chi connectivity index (χ4v) is 1.89. The highest BCUT2D eigenvalue weighted by Crippen LogP contribution is 2.24. The van der Waals surface area contributed by atoms with Gasteiger partial charge in [0.1, 0.15) is 12.4 Å². The molecule has 0 spiro atoms. The van der Waals surface area contributed by atoms with E-state index in [1.54, 1.807) is 18.3 Å². The topological polar surface area (TPSA) is 63.0 Å². The van der Waals surface area contributed by atoms with Crippen molar-refractivity contribution in [2.45, 2.75) is 20.5 Å². The number of ether oxygens (including phenoxy) is 1. The van der Waals surface area contributed by atoms with Crippen LogP contribution in [0.15, 0.2) is 30.5 Å². The Bertz CT molecular complexity index is 670. The number of nitriles is 1. The first-order valence-corrected chi connectivity index (χ1v) is 6.19. The fraction of sp³-hybridized carbons (Fsp3) is 0.188. The van der Waals surface area contributed by atoms with Crippen LogP contribution in [0.5, 0.6) is 5.75 Å². The largest absolute Gasteiger partial charge is 0.487 e. The van der Waals surface area contributed by atoms with Crippen molar-refractivity contribution in [3.8, 4) is 11.8 Å². The molecule has 0 unspecified atom stereocenters. The van der Waals surface area contributed by atoms with Crippen molar-refractivity contribution >= 4 is 6.29 Å². The molecule has 0 aliphatic heterocycles. The molecule has 1 aromatic heterocycles. The van der Waals surface area contributed by atoms with Gasteiger partial charge in [-0.2, -0.15) is 5.26 Å². The Labute approximate surface area is 117 Å². The molecular weight excluding hydrogens is 252 g/mol. The van der Waals surface area contributed by atoms with Crippen LogP contribution in [0.25, 0.3) is 0 Å². The van der Waals surface area contributed by atoms with Gasteiger partial charge in [-0.1, -0.05) is 12.1 Å². The summed E-state index contributed by atoms with van der Waals surface area (Å²) < 4.78 is 5.77. The summed E-state index contributed by atoms with van der Waals surface area (Å²) in [6, 6.07) is 9.26. The van der Waals surface area contributed by atoms with Gasteiger partial charge in [-0.3, -0.25) is 9.78 Å². The summed E-state index contributed by atoms with van der Waals surface area (Å²) in [7, 11) is 0. The van der Waals surface area contributed by atoms with Crippen molar-refractivity contribution in [1.29, 1.82) is 5.26 Å². The number of carbonyl (C=O) groups is 1. The fourth-order valence-electron chi connectivity index (χ4n) is 1.89. The molecule has 20 heavy (non-hydrogen) atoms. The number of carbonyl (C=O) groups excluding carboxylic acids is 1.